The van der Waals surface area contributed by atoms with Gasteiger partial charge in [-0.2, -0.15) is 5.10 Å². The van der Waals surface area contributed by atoms with E-state index in [9.17, 15) is 0 Å². The highest BCUT2D eigenvalue weighted by atomic mass is 32.1. The van der Waals surface area contributed by atoms with E-state index in [2.05, 4.69) is 70.4 Å². The molecule has 3 aromatic heterocycles. The van der Waals surface area contributed by atoms with E-state index < -0.39 is 0 Å². The Hall–Kier alpha value is -3.22. The lowest BCUT2D eigenvalue weighted by molar-refractivity contribution is 0.558. The molecule has 4 nitrogen and oxygen atoms in total. The molecule has 1 aliphatic heterocycles. The molecule has 1 unspecified atom stereocenters. The highest BCUT2D eigenvalue weighted by molar-refractivity contribution is 7.14. The van der Waals surface area contributed by atoms with Gasteiger partial charge >= 0.3 is 0 Å². The zero-order chi connectivity index (χ0) is 19.9. The molecule has 146 valence electrons. The molecule has 1 aliphatic rings. The molecule has 0 bridgehead atoms. The summed E-state index contributed by atoms with van der Waals surface area (Å²) in [6.45, 7) is 0. The predicted molar refractivity (Wildman–Crippen MR) is 124 cm³/mol. The summed E-state index contributed by atoms with van der Waals surface area (Å²) in [6, 6.07) is 21.2. The molecule has 0 fully saturated rings. The van der Waals surface area contributed by atoms with Crippen molar-refractivity contribution in [2.24, 2.45) is 5.10 Å². The maximum absolute atomic E-state index is 5.36. The van der Waals surface area contributed by atoms with Crippen molar-refractivity contribution >= 4 is 44.3 Å². The number of thiophene rings is 1. The van der Waals surface area contributed by atoms with Gasteiger partial charge in [0.15, 0.2) is 0 Å². The standard InChI is InChI=1S/C24H17N3OS2/c1-2-5-17-12-18(8-7-16(17)4-1)21-15-30-24(25-21)27-22(19-9-10-28-14-19)13-20(26-27)23-6-3-11-29-23/h1-12,14-15,22H,13H2. The lowest BCUT2D eigenvalue weighted by atomic mass is 10.0. The van der Waals surface area contributed by atoms with Gasteiger partial charge in [-0.3, -0.25) is 0 Å². The first kappa shape index (κ1) is 17.6. The number of furan rings is 1. The van der Waals surface area contributed by atoms with E-state index in [1.807, 2.05) is 12.3 Å². The molecule has 0 aliphatic carbocycles. The predicted octanol–water partition coefficient (Wildman–Crippen LogP) is 6.97. The van der Waals surface area contributed by atoms with Crippen LogP contribution in [0.3, 0.4) is 0 Å². The van der Waals surface area contributed by atoms with Gasteiger partial charge in [0.1, 0.15) is 0 Å². The maximum atomic E-state index is 5.36. The summed E-state index contributed by atoms with van der Waals surface area (Å²) in [5.74, 6) is 0. The molecule has 0 saturated carbocycles. The van der Waals surface area contributed by atoms with Crippen LogP contribution >= 0.6 is 22.7 Å². The number of hydrogen-bond donors (Lipinski definition) is 0. The second-order valence-corrected chi connectivity index (χ2v) is 9.01. The molecule has 6 heteroatoms. The van der Waals surface area contributed by atoms with E-state index >= 15 is 0 Å². The third-order valence-electron chi connectivity index (χ3n) is 5.38. The third-order valence-corrected chi connectivity index (χ3v) is 7.13. The second kappa shape index (κ2) is 7.23. The summed E-state index contributed by atoms with van der Waals surface area (Å²) < 4.78 is 5.36. The number of thiazole rings is 1. The fourth-order valence-corrected chi connectivity index (χ4v) is 5.41. The molecule has 1 atom stereocenters. The molecule has 0 amide bonds. The van der Waals surface area contributed by atoms with Crippen molar-refractivity contribution in [1.82, 2.24) is 4.98 Å². The zero-order valence-corrected chi connectivity index (χ0v) is 17.6. The van der Waals surface area contributed by atoms with Crippen molar-refractivity contribution in [2.45, 2.75) is 12.5 Å². The molecule has 0 saturated heterocycles. The highest BCUT2D eigenvalue weighted by Crippen LogP contribution is 2.40. The minimum absolute atomic E-state index is 0.0939. The fraction of sp³-hybridized carbons (Fsp3) is 0.0833. The van der Waals surface area contributed by atoms with Crippen LogP contribution in [-0.2, 0) is 0 Å². The molecule has 4 heterocycles. The number of fused-ring (bicyclic) bond motifs is 1. The third kappa shape index (κ3) is 3.05. The van der Waals surface area contributed by atoms with E-state index in [1.54, 1.807) is 28.9 Å². The first-order chi connectivity index (χ1) is 14.8. The molecular weight excluding hydrogens is 410 g/mol. The van der Waals surface area contributed by atoms with Crippen LogP contribution in [0.2, 0.25) is 0 Å². The highest BCUT2D eigenvalue weighted by Gasteiger charge is 2.32. The first-order valence-corrected chi connectivity index (χ1v) is 11.5. The van der Waals surface area contributed by atoms with Gasteiger partial charge in [0, 0.05) is 22.9 Å². The van der Waals surface area contributed by atoms with Gasteiger partial charge in [0.05, 0.1) is 34.9 Å². The van der Waals surface area contributed by atoms with Crippen LogP contribution in [-0.4, -0.2) is 10.7 Å². The Morgan fingerprint density at radius 1 is 0.967 bits per heavy atom. The van der Waals surface area contributed by atoms with Crippen LogP contribution in [0.15, 0.2) is 93.5 Å². The van der Waals surface area contributed by atoms with Gasteiger partial charge in [-0.25, -0.2) is 9.99 Å². The second-order valence-electron chi connectivity index (χ2n) is 7.22. The van der Waals surface area contributed by atoms with Gasteiger partial charge < -0.3 is 4.42 Å². The lowest BCUT2D eigenvalue weighted by Gasteiger charge is -2.19. The number of nitrogens with zero attached hydrogens (tertiary/aromatic N) is 3. The van der Waals surface area contributed by atoms with Crippen LogP contribution < -0.4 is 5.01 Å². The van der Waals surface area contributed by atoms with Crippen molar-refractivity contribution in [3.63, 3.8) is 0 Å². The largest absolute Gasteiger partial charge is 0.472 e. The summed E-state index contributed by atoms with van der Waals surface area (Å²) in [4.78, 5) is 6.16. The number of rotatable bonds is 4. The van der Waals surface area contributed by atoms with Crippen LogP contribution in [0.1, 0.15) is 22.9 Å². The topological polar surface area (TPSA) is 41.6 Å². The maximum Gasteiger partial charge on any atom is 0.207 e. The van der Waals surface area contributed by atoms with Crippen molar-refractivity contribution in [3.05, 3.63) is 94.4 Å². The van der Waals surface area contributed by atoms with E-state index in [0.29, 0.717) is 0 Å². The summed E-state index contributed by atoms with van der Waals surface area (Å²) in [6.07, 6.45) is 4.37. The Morgan fingerprint density at radius 3 is 2.73 bits per heavy atom. The molecule has 2 aromatic carbocycles. The summed E-state index contributed by atoms with van der Waals surface area (Å²) >= 11 is 3.35. The van der Waals surface area contributed by atoms with Gasteiger partial charge in [0.2, 0.25) is 5.13 Å². The summed E-state index contributed by atoms with van der Waals surface area (Å²) in [5, 5.41) is 14.6. The Labute approximate surface area is 181 Å². The van der Waals surface area contributed by atoms with Crippen molar-refractivity contribution in [1.29, 1.82) is 0 Å². The van der Waals surface area contributed by atoms with Crippen molar-refractivity contribution in [2.75, 3.05) is 5.01 Å². The molecule has 0 spiro atoms. The number of hydrogen-bond acceptors (Lipinski definition) is 6. The average Bonchev–Trinajstić information content (AvgIpc) is 3.58. The van der Waals surface area contributed by atoms with Crippen LogP contribution in [0.5, 0.6) is 0 Å². The molecule has 6 rings (SSSR count). The molecule has 0 N–H and O–H groups in total. The normalized spacial score (nSPS) is 16.3. The number of aromatic nitrogens is 1. The Morgan fingerprint density at radius 2 is 1.90 bits per heavy atom. The monoisotopic (exact) mass is 427 g/mol. The Bertz CT molecular complexity index is 1340. The molecular formula is C24H17N3OS2. The van der Waals surface area contributed by atoms with Crippen molar-refractivity contribution < 1.29 is 4.42 Å². The fourth-order valence-electron chi connectivity index (χ4n) is 3.85. The molecule has 30 heavy (non-hydrogen) atoms. The van der Waals surface area contributed by atoms with E-state index in [4.69, 9.17) is 14.5 Å². The van der Waals surface area contributed by atoms with Gasteiger partial charge in [0.25, 0.3) is 0 Å². The summed E-state index contributed by atoms with van der Waals surface area (Å²) in [7, 11) is 0. The van der Waals surface area contributed by atoms with Crippen LogP contribution in [0, 0.1) is 0 Å². The van der Waals surface area contributed by atoms with Gasteiger partial charge in [-0.15, -0.1) is 22.7 Å². The minimum Gasteiger partial charge on any atom is -0.472 e. The van der Waals surface area contributed by atoms with Gasteiger partial charge in [-0.1, -0.05) is 42.5 Å². The lowest BCUT2D eigenvalue weighted by Crippen LogP contribution is -2.17. The summed E-state index contributed by atoms with van der Waals surface area (Å²) in [5.41, 5.74) is 4.32. The van der Waals surface area contributed by atoms with E-state index in [-0.39, 0.29) is 6.04 Å². The van der Waals surface area contributed by atoms with E-state index in [1.165, 1.54) is 15.6 Å². The number of benzene rings is 2. The van der Waals surface area contributed by atoms with Crippen LogP contribution in [0.25, 0.3) is 22.0 Å². The first-order valence-electron chi connectivity index (χ1n) is 9.72. The number of hydrazone groups is 1. The Kier molecular flexibility index (Phi) is 4.25. The molecule has 0 radical (unpaired) electrons. The van der Waals surface area contributed by atoms with Crippen molar-refractivity contribution in [3.8, 4) is 11.3 Å². The smallest absolute Gasteiger partial charge is 0.207 e. The SMILES string of the molecule is c1csc(C2=NN(c3nc(-c4ccc5ccccc5c4)cs3)C(c3ccoc3)C2)c1. The van der Waals surface area contributed by atoms with E-state index in [0.717, 1.165) is 34.1 Å². The van der Waals surface area contributed by atoms with Crippen LogP contribution in [0.4, 0.5) is 5.13 Å². The quantitative estimate of drug-likeness (QED) is 0.311. The minimum atomic E-state index is 0.0939. The Balaban J connectivity index is 1.38. The molecule has 5 aromatic rings. The zero-order valence-electron chi connectivity index (χ0n) is 15.9. The van der Waals surface area contributed by atoms with Gasteiger partial charge in [-0.05, 0) is 34.4 Å². The number of anilines is 1. The average molecular weight is 428 g/mol.